The van der Waals surface area contributed by atoms with Crippen LogP contribution in [0.4, 0.5) is 5.69 Å². The molecule has 1 fully saturated rings. The summed E-state index contributed by atoms with van der Waals surface area (Å²) in [6.45, 7) is 6.62. The van der Waals surface area contributed by atoms with Gasteiger partial charge in [-0.25, -0.2) is 0 Å². The molecule has 2 aliphatic rings. The Morgan fingerprint density at radius 2 is 1.87 bits per heavy atom. The number of allylic oxidation sites excluding steroid dienone is 1. The van der Waals surface area contributed by atoms with Crippen LogP contribution in [0.5, 0.6) is 0 Å². The Kier molecular flexibility index (Phi) is 6.77. The first-order valence-corrected chi connectivity index (χ1v) is 11.5. The molecule has 1 aromatic rings. The fourth-order valence-corrected chi connectivity index (χ4v) is 5.63. The monoisotopic (exact) mass is 436 g/mol. The Labute approximate surface area is 188 Å². The van der Waals surface area contributed by atoms with Gasteiger partial charge in [-0.3, -0.25) is 9.59 Å². The van der Waals surface area contributed by atoms with Crippen LogP contribution in [-0.4, -0.2) is 17.6 Å². The van der Waals surface area contributed by atoms with Crippen LogP contribution < -0.4 is 10.6 Å². The molecule has 1 aliphatic carbocycles. The number of hydrogen-bond donors (Lipinski definition) is 2. The van der Waals surface area contributed by atoms with Crippen molar-refractivity contribution in [3.8, 4) is 12.1 Å². The fraction of sp³-hybridized carbons (Fsp3) is 0.500. The number of nitrogens with zero attached hydrogens (tertiary/aromatic N) is 2. The molecular formula is C24H28N4O2S. The van der Waals surface area contributed by atoms with Crippen LogP contribution in [0.3, 0.4) is 0 Å². The second-order valence-corrected chi connectivity index (χ2v) is 10.4. The third kappa shape index (κ3) is 4.78. The van der Waals surface area contributed by atoms with E-state index in [0.29, 0.717) is 35.0 Å². The number of para-hydroxylation sites is 1. The lowest BCUT2D eigenvalue weighted by atomic mass is 9.56. The highest BCUT2D eigenvalue weighted by Gasteiger charge is 2.53. The number of rotatable bonds is 4. The lowest BCUT2D eigenvalue weighted by Gasteiger charge is -2.47. The van der Waals surface area contributed by atoms with Crippen LogP contribution in [0, 0.1) is 45.3 Å². The molecule has 2 N–H and O–H groups in total. The van der Waals surface area contributed by atoms with E-state index in [1.807, 2.05) is 18.2 Å². The summed E-state index contributed by atoms with van der Waals surface area (Å²) in [6, 6.07) is 13.6. The van der Waals surface area contributed by atoms with Crippen LogP contribution in [0.2, 0.25) is 0 Å². The van der Waals surface area contributed by atoms with Gasteiger partial charge < -0.3 is 10.6 Å². The first-order chi connectivity index (χ1) is 14.7. The minimum absolute atomic E-state index is 0.0631. The second-order valence-electron chi connectivity index (χ2n) is 9.37. The minimum Gasteiger partial charge on any atom is -0.325 e. The molecule has 1 heterocycles. The molecule has 2 amide bonds. The SMILES string of the molecule is CC(C)(C)C1CCC2(CC1)C(C#N)=C(SCC(=O)Nc1ccccc1)NC(=O)[C@@H]2C#N. The lowest BCUT2D eigenvalue weighted by molar-refractivity contribution is -0.127. The first kappa shape index (κ1) is 22.9. The third-order valence-electron chi connectivity index (χ3n) is 6.53. The van der Waals surface area contributed by atoms with Gasteiger partial charge in [-0.1, -0.05) is 50.7 Å². The Morgan fingerprint density at radius 1 is 1.23 bits per heavy atom. The van der Waals surface area contributed by atoms with Crippen molar-refractivity contribution in [2.24, 2.45) is 22.7 Å². The summed E-state index contributed by atoms with van der Waals surface area (Å²) in [7, 11) is 0. The highest BCUT2D eigenvalue weighted by Crippen LogP contribution is 2.55. The minimum atomic E-state index is -0.884. The van der Waals surface area contributed by atoms with Gasteiger partial charge in [-0.2, -0.15) is 10.5 Å². The van der Waals surface area contributed by atoms with E-state index in [0.717, 1.165) is 24.6 Å². The van der Waals surface area contributed by atoms with Gasteiger partial charge in [-0.05, 0) is 49.1 Å². The zero-order chi connectivity index (χ0) is 22.6. The van der Waals surface area contributed by atoms with Gasteiger partial charge in [0, 0.05) is 11.1 Å². The van der Waals surface area contributed by atoms with Crippen LogP contribution >= 0.6 is 11.8 Å². The average molecular weight is 437 g/mol. The van der Waals surface area contributed by atoms with E-state index in [-0.39, 0.29) is 23.0 Å². The van der Waals surface area contributed by atoms with Crippen molar-refractivity contribution in [1.29, 1.82) is 10.5 Å². The number of amides is 2. The third-order valence-corrected chi connectivity index (χ3v) is 7.53. The molecule has 0 saturated heterocycles. The summed E-state index contributed by atoms with van der Waals surface area (Å²) >= 11 is 1.15. The molecular weight excluding hydrogens is 408 g/mol. The van der Waals surface area contributed by atoms with E-state index in [1.54, 1.807) is 12.1 Å². The van der Waals surface area contributed by atoms with Gasteiger partial charge in [0.05, 0.1) is 28.5 Å². The summed E-state index contributed by atoms with van der Waals surface area (Å²) in [4.78, 5) is 25.2. The molecule has 1 atom stereocenters. The molecule has 0 bridgehead atoms. The predicted octanol–water partition coefficient (Wildman–Crippen LogP) is 4.59. The van der Waals surface area contributed by atoms with Gasteiger partial charge in [0.25, 0.3) is 0 Å². The summed E-state index contributed by atoms with van der Waals surface area (Å²) in [5.41, 5.74) is 0.510. The number of hydrogen-bond acceptors (Lipinski definition) is 5. The van der Waals surface area contributed by atoms with Crippen molar-refractivity contribution in [2.45, 2.75) is 46.5 Å². The molecule has 0 radical (unpaired) electrons. The Balaban J connectivity index is 1.82. The molecule has 0 aromatic heterocycles. The van der Waals surface area contributed by atoms with E-state index < -0.39 is 11.3 Å². The Hall–Kier alpha value is -2.77. The normalized spacial score (nSPS) is 26.0. The first-order valence-electron chi connectivity index (χ1n) is 10.5. The van der Waals surface area contributed by atoms with Gasteiger partial charge >= 0.3 is 0 Å². The maximum atomic E-state index is 12.8. The van der Waals surface area contributed by atoms with Crippen molar-refractivity contribution in [3.63, 3.8) is 0 Å². The maximum absolute atomic E-state index is 12.8. The summed E-state index contributed by atoms with van der Waals surface area (Å²) in [6.07, 6.45) is 2.99. The number of carbonyl (C=O) groups is 2. The molecule has 1 saturated carbocycles. The molecule has 31 heavy (non-hydrogen) atoms. The largest absolute Gasteiger partial charge is 0.325 e. The zero-order valence-corrected chi connectivity index (χ0v) is 19.0. The number of benzene rings is 1. The maximum Gasteiger partial charge on any atom is 0.243 e. The van der Waals surface area contributed by atoms with Gasteiger partial charge in [0.2, 0.25) is 11.8 Å². The highest BCUT2D eigenvalue weighted by molar-refractivity contribution is 8.03. The van der Waals surface area contributed by atoms with Crippen molar-refractivity contribution >= 4 is 29.3 Å². The van der Waals surface area contributed by atoms with E-state index in [9.17, 15) is 20.1 Å². The van der Waals surface area contributed by atoms with Crippen molar-refractivity contribution in [1.82, 2.24) is 5.32 Å². The van der Waals surface area contributed by atoms with Crippen molar-refractivity contribution in [3.05, 3.63) is 40.9 Å². The molecule has 1 aliphatic heterocycles. The molecule has 1 aromatic carbocycles. The van der Waals surface area contributed by atoms with Crippen LogP contribution in [0.1, 0.15) is 46.5 Å². The quantitative estimate of drug-likeness (QED) is 0.718. The van der Waals surface area contributed by atoms with Crippen LogP contribution in [0.15, 0.2) is 40.9 Å². The molecule has 6 nitrogen and oxygen atoms in total. The van der Waals surface area contributed by atoms with Crippen LogP contribution in [0.25, 0.3) is 0 Å². The smallest absolute Gasteiger partial charge is 0.243 e. The average Bonchev–Trinajstić information content (AvgIpc) is 2.73. The lowest BCUT2D eigenvalue weighted by Crippen LogP contribution is -2.49. The molecule has 7 heteroatoms. The molecule has 0 unspecified atom stereocenters. The molecule has 1 spiro atoms. The summed E-state index contributed by atoms with van der Waals surface area (Å²) in [5.74, 6) is -0.932. The second kappa shape index (κ2) is 9.16. The zero-order valence-electron chi connectivity index (χ0n) is 18.2. The van der Waals surface area contributed by atoms with Gasteiger partial charge in [0.15, 0.2) is 0 Å². The predicted molar refractivity (Wildman–Crippen MR) is 121 cm³/mol. The number of carbonyl (C=O) groups excluding carboxylic acids is 2. The van der Waals surface area contributed by atoms with Crippen LogP contribution in [-0.2, 0) is 9.59 Å². The van der Waals surface area contributed by atoms with E-state index >= 15 is 0 Å². The van der Waals surface area contributed by atoms with E-state index in [4.69, 9.17) is 0 Å². The van der Waals surface area contributed by atoms with Crippen molar-refractivity contribution < 1.29 is 9.59 Å². The van der Waals surface area contributed by atoms with E-state index in [1.165, 1.54) is 0 Å². The van der Waals surface area contributed by atoms with E-state index in [2.05, 4.69) is 43.5 Å². The molecule has 3 rings (SSSR count). The number of nitriles is 2. The number of nitrogens with one attached hydrogen (secondary N) is 2. The number of anilines is 1. The van der Waals surface area contributed by atoms with Gasteiger partial charge in [-0.15, -0.1) is 0 Å². The van der Waals surface area contributed by atoms with Gasteiger partial charge in [0.1, 0.15) is 5.92 Å². The highest BCUT2D eigenvalue weighted by atomic mass is 32.2. The standard InChI is InChI=1S/C24H28N4O2S/c1-23(2,3)16-9-11-24(12-10-16)18(13-25)21(30)28-22(19(24)14-26)31-15-20(29)27-17-7-5-4-6-8-17/h4-8,16,18H,9-12,15H2,1-3H3,(H,27,29)(H,28,30)/t16?,18-,24?/m0/s1. The number of thioether (sulfide) groups is 1. The van der Waals surface area contributed by atoms with Crippen molar-refractivity contribution in [2.75, 3.05) is 11.1 Å². The Bertz CT molecular complexity index is 958. The Morgan fingerprint density at radius 3 is 2.42 bits per heavy atom. The summed E-state index contributed by atoms with van der Waals surface area (Å²) < 4.78 is 0. The fourth-order valence-electron chi connectivity index (χ4n) is 4.71. The molecule has 162 valence electrons. The summed E-state index contributed by atoms with van der Waals surface area (Å²) in [5, 5.41) is 25.7. The topological polar surface area (TPSA) is 106 Å².